The predicted octanol–water partition coefficient (Wildman–Crippen LogP) is 4.08. The molecule has 1 heterocycles. The molecule has 46 heavy (non-hydrogen) atoms. The number of sulfonamides is 1. The van der Waals surface area contributed by atoms with Crippen LogP contribution in [0.25, 0.3) is 0 Å². The number of aliphatic hydroxyl groups excluding tert-OH is 1. The molecule has 0 aromatic heterocycles. The molecule has 2 aromatic carbocycles. The minimum atomic E-state index is -3.90. The largest absolute Gasteiger partial charge is 0.490 e. The van der Waals surface area contributed by atoms with Crippen molar-refractivity contribution in [1.29, 1.82) is 0 Å². The minimum Gasteiger partial charge on any atom is -0.490 e. The van der Waals surface area contributed by atoms with E-state index in [-0.39, 0.29) is 53.3 Å². The molecule has 4 atom stereocenters. The van der Waals surface area contributed by atoms with Gasteiger partial charge in [0.1, 0.15) is 5.75 Å². The Morgan fingerprint density at radius 1 is 1.11 bits per heavy atom. The van der Waals surface area contributed by atoms with E-state index in [1.54, 1.807) is 54.1 Å². The lowest BCUT2D eigenvalue weighted by atomic mass is 10.0. The van der Waals surface area contributed by atoms with Gasteiger partial charge in [-0.2, -0.15) is 0 Å². The molecule has 0 fully saturated rings. The molecule has 0 bridgehead atoms. The Morgan fingerprint density at radius 3 is 2.50 bits per heavy atom. The average Bonchev–Trinajstić information content (AvgIpc) is 3.02. The van der Waals surface area contributed by atoms with E-state index in [1.165, 1.54) is 18.2 Å². The summed E-state index contributed by atoms with van der Waals surface area (Å²) >= 11 is 0. The lowest BCUT2D eigenvalue weighted by Crippen LogP contribution is -2.48. The van der Waals surface area contributed by atoms with Crippen molar-refractivity contribution in [2.75, 3.05) is 58.7 Å². The molecule has 0 spiro atoms. The molecule has 2 aromatic rings. The first-order valence-electron chi connectivity index (χ1n) is 16.1. The number of likely N-dealkylation sites (N-methyl/N-ethyl adjacent to an activating group) is 1. The van der Waals surface area contributed by atoms with E-state index in [4.69, 9.17) is 9.47 Å². The maximum absolute atomic E-state index is 14.3. The van der Waals surface area contributed by atoms with Crippen LogP contribution in [0.2, 0.25) is 0 Å². The van der Waals surface area contributed by atoms with Gasteiger partial charge >= 0.3 is 0 Å². The molecule has 11 nitrogen and oxygen atoms in total. The number of fused-ring (bicyclic) bond motifs is 1. The normalized spacial score (nSPS) is 20.7. The van der Waals surface area contributed by atoms with Crippen molar-refractivity contribution in [2.24, 2.45) is 5.92 Å². The maximum atomic E-state index is 14.3. The van der Waals surface area contributed by atoms with Crippen LogP contribution < -0.4 is 9.46 Å². The van der Waals surface area contributed by atoms with Gasteiger partial charge in [0.2, 0.25) is 5.91 Å². The molecule has 0 unspecified atom stereocenters. The van der Waals surface area contributed by atoms with Gasteiger partial charge in [-0.1, -0.05) is 25.1 Å². The number of aliphatic hydroxyl groups is 1. The van der Waals surface area contributed by atoms with Gasteiger partial charge in [0, 0.05) is 44.8 Å². The monoisotopic (exact) mass is 660 g/mol. The molecule has 0 aliphatic carbocycles. The Hall–Kier alpha value is -3.19. The number of hydrogen-bond donors (Lipinski definition) is 2. The summed E-state index contributed by atoms with van der Waals surface area (Å²) in [6, 6.07) is 12.2. The van der Waals surface area contributed by atoms with Gasteiger partial charge in [0.05, 0.1) is 35.3 Å². The van der Waals surface area contributed by atoms with Crippen LogP contribution >= 0.6 is 0 Å². The van der Waals surface area contributed by atoms with Crippen LogP contribution in [0, 0.1) is 5.92 Å². The van der Waals surface area contributed by atoms with Gasteiger partial charge in [-0.25, -0.2) is 8.42 Å². The van der Waals surface area contributed by atoms with E-state index in [0.717, 1.165) is 32.2 Å². The molecular weight excluding hydrogens is 608 g/mol. The van der Waals surface area contributed by atoms with Crippen molar-refractivity contribution in [3.63, 3.8) is 0 Å². The number of amides is 2. The molecule has 0 saturated heterocycles. The first-order chi connectivity index (χ1) is 21.8. The summed E-state index contributed by atoms with van der Waals surface area (Å²) in [5.41, 5.74) is 0.406. The predicted molar refractivity (Wildman–Crippen MR) is 180 cm³/mol. The smallest absolute Gasteiger partial charge is 0.261 e. The van der Waals surface area contributed by atoms with Gasteiger partial charge < -0.3 is 29.3 Å². The van der Waals surface area contributed by atoms with Crippen molar-refractivity contribution in [3.05, 3.63) is 54.1 Å². The average molecular weight is 661 g/mol. The van der Waals surface area contributed by atoms with Crippen LogP contribution in [0.15, 0.2) is 53.4 Å². The SMILES string of the molecule is C[C@H](CO)N1C[C@H](C)[C@@H](CN(C)C(=O)CCCN(C)C)OCCCC[C@H](C)Oc2ccc(NS(=O)(=O)c3ccccc3)cc2C1=O. The topological polar surface area (TPSA) is 129 Å². The highest BCUT2D eigenvalue weighted by Gasteiger charge is 2.31. The quantitative estimate of drug-likeness (QED) is 0.369. The summed E-state index contributed by atoms with van der Waals surface area (Å²) in [4.78, 5) is 32.7. The van der Waals surface area contributed by atoms with E-state index >= 15 is 0 Å². The second-order valence-electron chi connectivity index (χ2n) is 12.6. The van der Waals surface area contributed by atoms with E-state index in [2.05, 4.69) is 9.62 Å². The number of rotatable bonds is 11. The third-order valence-corrected chi connectivity index (χ3v) is 9.63. The fourth-order valence-corrected chi connectivity index (χ4v) is 6.44. The van der Waals surface area contributed by atoms with Crippen molar-refractivity contribution in [3.8, 4) is 5.75 Å². The van der Waals surface area contributed by atoms with E-state index in [9.17, 15) is 23.1 Å². The second kappa shape index (κ2) is 17.7. The first kappa shape index (κ1) is 37.3. The summed E-state index contributed by atoms with van der Waals surface area (Å²) in [5.74, 6) is -0.212. The fraction of sp³-hybridized carbons (Fsp3) is 0.588. The number of hydrogen-bond acceptors (Lipinski definition) is 8. The number of nitrogens with zero attached hydrogens (tertiary/aromatic N) is 3. The Kier molecular flexibility index (Phi) is 14.3. The summed E-state index contributed by atoms with van der Waals surface area (Å²) in [6.07, 6.45) is 3.01. The maximum Gasteiger partial charge on any atom is 0.261 e. The van der Waals surface area contributed by atoms with Crippen molar-refractivity contribution >= 4 is 27.5 Å². The molecule has 3 rings (SSSR count). The Bertz CT molecular complexity index is 1370. The fourth-order valence-electron chi connectivity index (χ4n) is 5.37. The molecule has 2 amide bonds. The van der Waals surface area contributed by atoms with E-state index in [1.807, 2.05) is 27.9 Å². The van der Waals surface area contributed by atoms with Gasteiger partial charge in [-0.15, -0.1) is 0 Å². The highest BCUT2D eigenvalue weighted by molar-refractivity contribution is 7.92. The Balaban J connectivity index is 1.93. The van der Waals surface area contributed by atoms with Crippen molar-refractivity contribution in [1.82, 2.24) is 14.7 Å². The molecule has 0 radical (unpaired) electrons. The minimum absolute atomic E-state index is 0.0408. The van der Waals surface area contributed by atoms with Crippen LogP contribution in [0.4, 0.5) is 5.69 Å². The van der Waals surface area contributed by atoms with E-state index < -0.39 is 22.0 Å². The number of benzene rings is 2. The van der Waals surface area contributed by atoms with Gasteiger partial charge in [0.25, 0.3) is 15.9 Å². The molecule has 12 heteroatoms. The van der Waals surface area contributed by atoms with Gasteiger partial charge in [-0.3, -0.25) is 14.3 Å². The molecule has 2 N–H and O–H groups in total. The number of anilines is 1. The standard InChI is InChI=1S/C34H52N4O7S/c1-25-22-38(26(2)24-39)34(41)30-21-28(35-46(42,43)29-14-8-7-9-15-29)17-18-31(30)45-27(3)13-10-11-20-44-32(25)23-37(6)33(40)16-12-19-36(4)5/h7-9,14-15,17-18,21,25-27,32,35,39H,10-13,16,19-20,22-24H2,1-6H3/t25-,26+,27-,32+/m0/s1. The molecule has 1 aliphatic rings. The lowest BCUT2D eigenvalue weighted by Gasteiger charge is -2.36. The van der Waals surface area contributed by atoms with Gasteiger partial charge in [0.15, 0.2) is 0 Å². The third kappa shape index (κ3) is 11.0. The highest BCUT2D eigenvalue weighted by Crippen LogP contribution is 2.29. The van der Waals surface area contributed by atoms with Crippen molar-refractivity contribution in [2.45, 2.75) is 76.0 Å². The van der Waals surface area contributed by atoms with Gasteiger partial charge in [-0.05, 0) is 90.5 Å². The Labute approximate surface area is 274 Å². The molecular formula is C34H52N4O7S. The summed E-state index contributed by atoms with van der Waals surface area (Å²) in [7, 11) is 1.84. The number of carbonyl (C=O) groups is 2. The first-order valence-corrected chi connectivity index (χ1v) is 17.6. The van der Waals surface area contributed by atoms with E-state index in [0.29, 0.717) is 25.3 Å². The zero-order valence-electron chi connectivity index (χ0n) is 28.1. The van der Waals surface area contributed by atoms with Crippen LogP contribution in [-0.4, -0.2) is 112 Å². The molecule has 1 aliphatic heterocycles. The number of ether oxygens (including phenoxy) is 2. The highest BCUT2D eigenvalue weighted by atomic mass is 32.2. The summed E-state index contributed by atoms with van der Waals surface area (Å²) in [5, 5.41) is 10.2. The third-order valence-electron chi connectivity index (χ3n) is 8.23. The zero-order valence-corrected chi connectivity index (χ0v) is 29.0. The van der Waals surface area contributed by atoms with Crippen LogP contribution in [0.1, 0.15) is 63.2 Å². The van der Waals surface area contributed by atoms with Crippen molar-refractivity contribution < 1.29 is 32.6 Å². The molecule has 256 valence electrons. The van der Waals surface area contributed by atoms with Crippen LogP contribution in [0.5, 0.6) is 5.75 Å². The van der Waals surface area contributed by atoms with Crippen LogP contribution in [-0.2, 0) is 19.6 Å². The number of nitrogens with one attached hydrogen (secondary N) is 1. The zero-order chi connectivity index (χ0) is 33.9. The summed E-state index contributed by atoms with van der Waals surface area (Å²) < 4.78 is 41.4. The number of carbonyl (C=O) groups excluding carboxylic acids is 2. The second-order valence-corrected chi connectivity index (χ2v) is 14.3. The Morgan fingerprint density at radius 2 is 1.83 bits per heavy atom. The summed E-state index contributed by atoms with van der Waals surface area (Å²) in [6.45, 7) is 7.34. The molecule has 0 saturated carbocycles. The lowest BCUT2D eigenvalue weighted by molar-refractivity contribution is -0.132. The van der Waals surface area contributed by atoms with Crippen LogP contribution in [0.3, 0.4) is 0 Å².